The van der Waals surface area contributed by atoms with Gasteiger partial charge in [0.15, 0.2) is 9.84 Å². The molecule has 2 rings (SSSR count). The summed E-state index contributed by atoms with van der Waals surface area (Å²) in [7, 11) is -4.07. The monoisotopic (exact) mass is 391 g/mol. The van der Waals surface area contributed by atoms with E-state index in [2.05, 4.69) is 5.32 Å². The highest BCUT2D eigenvalue weighted by Crippen LogP contribution is 2.33. The average molecular weight is 391 g/mol. The molecule has 8 heteroatoms. The van der Waals surface area contributed by atoms with Crippen molar-refractivity contribution in [3.8, 4) is 0 Å². The molecule has 1 N–H and O–H groups in total. The number of nitrogens with one attached hydrogen (secondary N) is 1. The van der Waals surface area contributed by atoms with Crippen LogP contribution >= 0.6 is 0 Å². The van der Waals surface area contributed by atoms with Crippen LogP contribution in [0.3, 0.4) is 0 Å². The third kappa shape index (κ3) is 5.46. The summed E-state index contributed by atoms with van der Waals surface area (Å²) >= 11 is 0. The van der Waals surface area contributed by atoms with Gasteiger partial charge in [-0.25, -0.2) is 8.42 Å². The Morgan fingerprint density at radius 1 is 1.15 bits per heavy atom. The van der Waals surface area contributed by atoms with Crippen molar-refractivity contribution >= 4 is 15.7 Å². The number of alkyl halides is 3. The highest BCUT2D eigenvalue weighted by atomic mass is 32.2. The average Bonchev–Trinajstić information content (AvgIpc) is 2.81. The fraction of sp³-hybridized carbons (Fsp3) is 0.611. The van der Waals surface area contributed by atoms with E-state index in [4.69, 9.17) is 0 Å². The summed E-state index contributed by atoms with van der Waals surface area (Å²) in [5, 5.41) is 1.36. The lowest BCUT2D eigenvalue weighted by Gasteiger charge is -2.20. The van der Waals surface area contributed by atoms with Crippen LogP contribution in [-0.4, -0.2) is 25.6 Å². The van der Waals surface area contributed by atoms with Gasteiger partial charge in [-0.15, -0.1) is 0 Å². The minimum absolute atomic E-state index is 0.0647. The molecule has 146 valence electrons. The molecule has 0 heterocycles. The van der Waals surface area contributed by atoms with Crippen LogP contribution in [0.25, 0.3) is 0 Å². The van der Waals surface area contributed by atoms with Crippen molar-refractivity contribution in [1.29, 1.82) is 0 Å². The molecule has 0 bridgehead atoms. The summed E-state index contributed by atoms with van der Waals surface area (Å²) in [5.41, 5.74) is -1.32. The molecule has 1 saturated carbocycles. The number of halogens is 3. The lowest BCUT2D eigenvalue weighted by Crippen LogP contribution is -2.43. The lowest BCUT2D eigenvalue weighted by molar-refractivity contribution is -0.138. The highest BCUT2D eigenvalue weighted by molar-refractivity contribution is 7.92. The molecule has 0 unspecified atom stereocenters. The van der Waals surface area contributed by atoms with Gasteiger partial charge in [0.05, 0.1) is 11.3 Å². The first-order valence-electron chi connectivity index (χ1n) is 8.78. The Labute approximate surface area is 152 Å². The molecule has 1 amide bonds. The first-order valence-corrected chi connectivity index (χ1v) is 10.5. The van der Waals surface area contributed by atoms with Crippen LogP contribution in [0.15, 0.2) is 24.3 Å². The molecule has 1 aliphatic rings. The molecule has 0 aliphatic heterocycles. The van der Waals surface area contributed by atoms with E-state index in [-0.39, 0.29) is 11.6 Å². The van der Waals surface area contributed by atoms with Gasteiger partial charge in [0.1, 0.15) is 5.25 Å². The van der Waals surface area contributed by atoms with Crippen molar-refractivity contribution in [2.75, 3.05) is 0 Å². The number of carbonyl (C=O) groups excluding carboxylic acids is 1. The van der Waals surface area contributed by atoms with E-state index in [9.17, 15) is 26.4 Å². The van der Waals surface area contributed by atoms with Crippen molar-refractivity contribution < 1.29 is 26.4 Å². The standard InChI is InChI=1S/C18H24F3NO3S/c1-13(17(23)22-15-9-4-2-3-5-10-15)26(24,25)12-14-8-6-7-11-16(14)18(19,20)21/h6-8,11,13,15H,2-5,9-10,12H2,1H3,(H,22,23)/t13-/m1/s1. The van der Waals surface area contributed by atoms with Crippen LogP contribution in [0.2, 0.25) is 0 Å². The smallest absolute Gasteiger partial charge is 0.352 e. The zero-order chi connectivity index (χ0) is 19.4. The van der Waals surface area contributed by atoms with Gasteiger partial charge in [0.25, 0.3) is 0 Å². The predicted molar refractivity (Wildman–Crippen MR) is 93.2 cm³/mol. The van der Waals surface area contributed by atoms with Crippen LogP contribution in [0.1, 0.15) is 56.6 Å². The predicted octanol–water partition coefficient (Wildman–Crippen LogP) is 3.85. The maximum Gasteiger partial charge on any atom is 0.416 e. The molecule has 1 aromatic carbocycles. The topological polar surface area (TPSA) is 63.2 Å². The second-order valence-corrected chi connectivity index (χ2v) is 9.12. The van der Waals surface area contributed by atoms with Gasteiger partial charge in [-0.2, -0.15) is 13.2 Å². The largest absolute Gasteiger partial charge is 0.416 e. The van der Waals surface area contributed by atoms with Gasteiger partial charge in [-0.3, -0.25) is 4.79 Å². The normalized spacial score (nSPS) is 18.2. The second-order valence-electron chi connectivity index (χ2n) is 6.80. The number of amides is 1. The van der Waals surface area contributed by atoms with Crippen molar-refractivity contribution in [1.82, 2.24) is 5.32 Å². The van der Waals surface area contributed by atoms with Crippen LogP contribution in [0.4, 0.5) is 13.2 Å². The van der Waals surface area contributed by atoms with E-state index in [0.717, 1.165) is 50.7 Å². The SMILES string of the molecule is C[C@H](C(=O)NC1CCCCCC1)S(=O)(=O)Cc1ccccc1C(F)(F)F. The summed E-state index contributed by atoms with van der Waals surface area (Å²) < 4.78 is 64.2. The zero-order valence-electron chi connectivity index (χ0n) is 14.7. The number of benzene rings is 1. The Morgan fingerprint density at radius 2 is 1.73 bits per heavy atom. The molecule has 1 aromatic rings. The van der Waals surface area contributed by atoms with Gasteiger partial charge in [-0.05, 0) is 31.4 Å². The van der Waals surface area contributed by atoms with Crippen LogP contribution < -0.4 is 5.32 Å². The molecule has 4 nitrogen and oxygen atoms in total. The van der Waals surface area contributed by atoms with E-state index in [1.165, 1.54) is 19.1 Å². The number of sulfone groups is 1. The Kier molecular flexibility index (Phi) is 6.71. The van der Waals surface area contributed by atoms with Crippen LogP contribution in [0, 0.1) is 0 Å². The Balaban J connectivity index is 2.10. The number of hydrogen-bond acceptors (Lipinski definition) is 3. The minimum Gasteiger partial charge on any atom is -0.352 e. The Morgan fingerprint density at radius 3 is 2.31 bits per heavy atom. The first-order chi connectivity index (χ1) is 12.1. The van der Waals surface area contributed by atoms with Gasteiger partial charge < -0.3 is 5.32 Å². The molecular formula is C18H24F3NO3S. The second kappa shape index (κ2) is 8.41. The van der Waals surface area contributed by atoms with Gasteiger partial charge in [0, 0.05) is 6.04 Å². The summed E-state index contributed by atoms with van der Waals surface area (Å²) in [6, 6.07) is 4.49. The fourth-order valence-corrected chi connectivity index (χ4v) is 4.50. The Hall–Kier alpha value is -1.57. The lowest BCUT2D eigenvalue weighted by atomic mass is 10.1. The molecule has 1 atom stereocenters. The molecule has 0 saturated heterocycles. The van der Waals surface area contributed by atoms with Gasteiger partial charge in [-0.1, -0.05) is 43.9 Å². The minimum atomic E-state index is -4.64. The van der Waals surface area contributed by atoms with Crippen LogP contribution in [0.5, 0.6) is 0 Å². The number of rotatable bonds is 5. The van der Waals surface area contributed by atoms with Gasteiger partial charge >= 0.3 is 6.18 Å². The van der Waals surface area contributed by atoms with Crippen LogP contribution in [-0.2, 0) is 26.6 Å². The third-order valence-electron chi connectivity index (χ3n) is 4.79. The molecular weight excluding hydrogens is 367 g/mol. The molecule has 0 radical (unpaired) electrons. The zero-order valence-corrected chi connectivity index (χ0v) is 15.5. The molecule has 1 aliphatic carbocycles. The molecule has 1 fully saturated rings. The summed E-state index contributed by atoms with van der Waals surface area (Å²) in [5.74, 6) is -1.46. The van der Waals surface area contributed by atoms with E-state index < -0.39 is 38.5 Å². The maximum absolute atomic E-state index is 13.1. The van der Waals surface area contributed by atoms with Crippen molar-refractivity contribution in [2.45, 2.75) is 68.7 Å². The van der Waals surface area contributed by atoms with Crippen molar-refractivity contribution in [3.63, 3.8) is 0 Å². The summed E-state index contributed by atoms with van der Waals surface area (Å²) in [6.07, 6.45) is 1.10. The maximum atomic E-state index is 13.1. The van der Waals surface area contributed by atoms with E-state index >= 15 is 0 Å². The molecule has 26 heavy (non-hydrogen) atoms. The van der Waals surface area contributed by atoms with Gasteiger partial charge in [0.2, 0.25) is 5.91 Å². The third-order valence-corrected chi connectivity index (χ3v) is 6.79. The van der Waals surface area contributed by atoms with E-state index in [0.29, 0.717) is 0 Å². The fourth-order valence-electron chi connectivity index (χ4n) is 3.17. The summed E-state index contributed by atoms with van der Waals surface area (Å²) in [6.45, 7) is 1.23. The van der Waals surface area contributed by atoms with Crippen molar-refractivity contribution in [2.24, 2.45) is 0 Å². The first kappa shape index (κ1) is 20.7. The molecule has 0 aromatic heterocycles. The quantitative estimate of drug-likeness (QED) is 0.776. The number of hydrogen-bond donors (Lipinski definition) is 1. The highest BCUT2D eigenvalue weighted by Gasteiger charge is 2.36. The number of carbonyl (C=O) groups is 1. The van der Waals surface area contributed by atoms with E-state index in [1.807, 2.05) is 0 Å². The molecule has 0 spiro atoms. The Bertz CT molecular complexity index is 723. The van der Waals surface area contributed by atoms with Crippen molar-refractivity contribution in [3.05, 3.63) is 35.4 Å². The van der Waals surface area contributed by atoms with E-state index in [1.54, 1.807) is 0 Å². The summed E-state index contributed by atoms with van der Waals surface area (Å²) in [4.78, 5) is 12.3.